The summed E-state index contributed by atoms with van der Waals surface area (Å²) in [7, 11) is 0. The van der Waals surface area contributed by atoms with Crippen molar-refractivity contribution in [3.8, 4) is 0 Å². The number of thioether (sulfide) groups is 1. The lowest BCUT2D eigenvalue weighted by molar-refractivity contribution is 0.640. The first-order valence-electron chi connectivity index (χ1n) is 6.94. The summed E-state index contributed by atoms with van der Waals surface area (Å²) < 4.78 is 0. The topological polar surface area (TPSA) is 26.0 Å². The van der Waals surface area contributed by atoms with Crippen molar-refractivity contribution in [3.05, 3.63) is 48.0 Å². The molecule has 2 aromatic rings. The van der Waals surface area contributed by atoms with Gasteiger partial charge in [0.1, 0.15) is 0 Å². The van der Waals surface area contributed by atoms with E-state index >= 15 is 0 Å². The number of benzene rings is 2. The van der Waals surface area contributed by atoms with Crippen LogP contribution in [0.3, 0.4) is 0 Å². The molecular weight excluding hydrogens is 250 g/mol. The van der Waals surface area contributed by atoms with Crippen LogP contribution in [0.25, 0.3) is 10.8 Å². The van der Waals surface area contributed by atoms with Gasteiger partial charge in [-0.2, -0.15) is 11.8 Å². The van der Waals surface area contributed by atoms with Crippen LogP contribution in [0, 0.1) is 5.92 Å². The number of fused-ring (bicyclic) bond motifs is 1. The minimum atomic E-state index is 0.109. The highest BCUT2D eigenvalue weighted by molar-refractivity contribution is 7.99. The van der Waals surface area contributed by atoms with Crippen LogP contribution in [0.5, 0.6) is 0 Å². The van der Waals surface area contributed by atoms with Gasteiger partial charge in [0, 0.05) is 17.0 Å². The van der Waals surface area contributed by atoms with E-state index in [2.05, 4.69) is 63.2 Å². The normalized spacial score (nSPS) is 14.8. The molecule has 1 nitrogen and oxygen atoms in total. The summed E-state index contributed by atoms with van der Waals surface area (Å²) in [6, 6.07) is 15.0. The van der Waals surface area contributed by atoms with Crippen molar-refractivity contribution < 1.29 is 0 Å². The fraction of sp³-hybridized carbons (Fsp3) is 0.412. The van der Waals surface area contributed by atoms with Gasteiger partial charge in [-0.25, -0.2) is 0 Å². The molecule has 2 N–H and O–H groups in total. The Morgan fingerprint density at radius 3 is 2.42 bits per heavy atom. The van der Waals surface area contributed by atoms with Crippen LogP contribution in [0.4, 0.5) is 0 Å². The lowest BCUT2D eigenvalue weighted by Gasteiger charge is -2.19. The van der Waals surface area contributed by atoms with E-state index in [1.165, 1.54) is 16.3 Å². The molecule has 0 saturated heterocycles. The maximum atomic E-state index is 6.39. The van der Waals surface area contributed by atoms with Crippen LogP contribution in [0.15, 0.2) is 42.5 Å². The number of nitrogens with two attached hydrogens (primary N) is 1. The van der Waals surface area contributed by atoms with Crippen molar-refractivity contribution in [2.75, 3.05) is 5.75 Å². The molecule has 0 amide bonds. The zero-order valence-corrected chi connectivity index (χ0v) is 12.8. The van der Waals surface area contributed by atoms with E-state index in [0.717, 1.165) is 5.75 Å². The van der Waals surface area contributed by atoms with Crippen LogP contribution >= 0.6 is 11.8 Å². The van der Waals surface area contributed by atoms with Gasteiger partial charge in [-0.1, -0.05) is 63.2 Å². The van der Waals surface area contributed by atoms with Crippen molar-refractivity contribution >= 4 is 22.5 Å². The van der Waals surface area contributed by atoms with Crippen LogP contribution in [0.1, 0.15) is 32.4 Å². The average Bonchev–Trinajstić information content (AvgIpc) is 2.43. The van der Waals surface area contributed by atoms with Crippen molar-refractivity contribution in [1.82, 2.24) is 0 Å². The second-order valence-corrected chi connectivity index (χ2v) is 6.87. The van der Waals surface area contributed by atoms with Crippen molar-refractivity contribution in [3.63, 3.8) is 0 Å². The largest absolute Gasteiger partial charge is 0.323 e. The molecule has 0 radical (unpaired) electrons. The zero-order valence-electron chi connectivity index (χ0n) is 12.0. The first-order valence-corrected chi connectivity index (χ1v) is 7.99. The van der Waals surface area contributed by atoms with Gasteiger partial charge in [-0.05, 0) is 22.3 Å². The SMILES string of the molecule is CC(C)C(C)SCC(N)c1cccc2ccccc12. The molecule has 2 aromatic carbocycles. The smallest absolute Gasteiger partial charge is 0.0393 e. The van der Waals surface area contributed by atoms with E-state index in [4.69, 9.17) is 5.73 Å². The Bertz CT molecular complexity index is 530. The number of hydrogen-bond donors (Lipinski definition) is 1. The summed E-state index contributed by atoms with van der Waals surface area (Å²) in [5.74, 6) is 1.68. The average molecular weight is 273 g/mol. The molecule has 0 aliphatic carbocycles. The van der Waals surface area contributed by atoms with Gasteiger partial charge in [-0.15, -0.1) is 0 Å². The van der Waals surface area contributed by atoms with Gasteiger partial charge < -0.3 is 5.73 Å². The molecule has 0 aromatic heterocycles. The number of rotatable bonds is 5. The molecule has 0 aliphatic rings. The minimum absolute atomic E-state index is 0.109. The summed E-state index contributed by atoms with van der Waals surface area (Å²) in [4.78, 5) is 0. The van der Waals surface area contributed by atoms with Gasteiger partial charge in [0.05, 0.1) is 0 Å². The van der Waals surface area contributed by atoms with Gasteiger partial charge in [-0.3, -0.25) is 0 Å². The third kappa shape index (κ3) is 3.52. The predicted molar refractivity (Wildman–Crippen MR) is 87.6 cm³/mol. The molecule has 2 atom stereocenters. The molecule has 19 heavy (non-hydrogen) atoms. The van der Waals surface area contributed by atoms with E-state index in [9.17, 15) is 0 Å². The fourth-order valence-corrected chi connectivity index (χ4v) is 3.19. The van der Waals surface area contributed by atoms with Crippen molar-refractivity contribution in [2.45, 2.75) is 32.1 Å². The minimum Gasteiger partial charge on any atom is -0.323 e. The Balaban J connectivity index is 2.15. The highest BCUT2D eigenvalue weighted by Gasteiger charge is 2.13. The molecule has 0 saturated carbocycles. The highest BCUT2D eigenvalue weighted by Crippen LogP contribution is 2.28. The molecule has 102 valence electrons. The molecule has 2 unspecified atom stereocenters. The van der Waals surface area contributed by atoms with Crippen molar-refractivity contribution in [1.29, 1.82) is 0 Å². The standard InChI is InChI=1S/C17H23NS/c1-12(2)13(3)19-11-17(18)16-10-6-8-14-7-4-5-9-15(14)16/h4-10,12-13,17H,11,18H2,1-3H3. The predicted octanol–water partition coefficient (Wildman–Crippen LogP) is 4.62. The first kappa shape index (κ1) is 14.4. The molecule has 0 aliphatic heterocycles. The van der Waals surface area contributed by atoms with E-state index in [1.807, 2.05) is 11.8 Å². The first-order chi connectivity index (χ1) is 9.09. The molecule has 0 heterocycles. The summed E-state index contributed by atoms with van der Waals surface area (Å²) in [5.41, 5.74) is 7.65. The Morgan fingerprint density at radius 2 is 1.68 bits per heavy atom. The molecule has 2 heteroatoms. The summed E-state index contributed by atoms with van der Waals surface area (Å²) >= 11 is 1.97. The van der Waals surface area contributed by atoms with Gasteiger partial charge in [0.25, 0.3) is 0 Å². The van der Waals surface area contributed by atoms with Crippen molar-refractivity contribution in [2.24, 2.45) is 11.7 Å². The Hall–Kier alpha value is -0.990. The van der Waals surface area contributed by atoms with E-state index in [1.54, 1.807) is 0 Å². The van der Waals surface area contributed by atoms with Crippen LogP contribution < -0.4 is 5.73 Å². The van der Waals surface area contributed by atoms with Crippen LogP contribution in [-0.2, 0) is 0 Å². The summed E-state index contributed by atoms with van der Waals surface area (Å²) in [6.45, 7) is 6.81. The Kier molecular flexibility index (Phi) is 4.89. The third-order valence-electron chi connectivity index (χ3n) is 3.70. The van der Waals surface area contributed by atoms with E-state index in [0.29, 0.717) is 11.2 Å². The molecule has 2 rings (SSSR count). The van der Waals surface area contributed by atoms with Gasteiger partial charge >= 0.3 is 0 Å². The second-order valence-electron chi connectivity index (χ2n) is 5.46. The molecule has 0 spiro atoms. The maximum Gasteiger partial charge on any atom is 0.0393 e. The summed E-state index contributed by atoms with van der Waals surface area (Å²) in [5, 5.41) is 3.22. The zero-order chi connectivity index (χ0) is 13.8. The fourth-order valence-electron chi connectivity index (χ4n) is 2.11. The second kappa shape index (κ2) is 6.44. The van der Waals surface area contributed by atoms with Crippen LogP contribution in [0.2, 0.25) is 0 Å². The molecule has 0 bridgehead atoms. The van der Waals surface area contributed by atoms with E-state index < -0.39 is 0 Å². The van der Waals surface area contributed by atoms with Gasteiger partial charge in [0.2, 0.25) is 0 Å². The quantitative estimate of drug-likeness (QED) is 0.860. The summed E-state index contributed by atoms with van der Waals surface area (Å²) in [6.07, 6.45) is 0. The molecular formula is C17H23NS. The van der Waals surface area contributed by atoms with E-state index in [-0.39, 0.29) is 6.04 Å². The molecule has 0 fully saturated rings. The monoisotopic (exact) mass is 273 g/mol. The van der Waals surface area contributed by atoms with Gasteiger partial charge in [0.15, 0.2) is 0 Å². The maximum absolute atomic E-state index is 6.39. The van der Waals surface area contributed by atoms with Crippen LogP contribution in [-0.4, -0.2) is 11.0 Å². The lowest BCUT2D eigenvalue weighted by atomic mass is 10.0. The third-order valence-corrected chi connectivity index (χ3v) is 5.32. The number of hydrogen-bond acceptors (Lipinski definition) is 2. The Morgan fingerprint density at radius 1 is 1.00 bits per heavy atom. The Labute approximate surface area is 120 Å². The lowest BCUT2D eigenvalue weighted by Crippen LogP contribution is -2.16. The highest BCUT2D eigenvalue weighted by atomic mass is 32.2.